The maximum absolute atomic E-state index is 13.1. The third-order valence-electron chi connectivity index (χ3n) is 3.03. The second-order valence-electron chi connectivity index (χ2n) is 4.40. The fraction of sp³-hybridized carbons (Fsp3) is 0.0769. The Balaban J connectivity index is 2.38. The van der Waals surface area contributed by atoms with Crippen molar-refractivity contribution in [1.29, 1.82) is 0 Å². The lowest BCUT2D eigenvalue weighted by Crippen LogP contribution is -2.16. The van der Waals surface area contributed by atoms with E-state index in [2.05, 4.69) is 10.1 Å². The number of aryl methyl sites for hydroxylation is 1. The van der Waals surface area contributed by atoms with Crippen LogP contribution in [0.4, 0.5) is 4.39 Å². The molecule has 0 amide bonds. The summed E-state index contributed by atoms with van der Waals surface area (Å²) in [6.07, 6.45) is 0. The van der Waals surface area contributed by atoms with E-state index in [4.69, 9.17) is 11.6 Å². The molecule has 2 heterocycles. The van der Waals surface area contributed by atoms with Crippen molar-refractivity contribution in [2.45, 2.75) is 6.92 Å². The molecule has 3 aromatic rings. The van der Waals surface area contributed by atoms with Gasteiger partial charge < -0.3 is 4.98 Å². The van der Waals surface area contributed by atoms with Crippen molar-refractivity contribution in [2.24, 2.45) is 0 Å². The molecule has 0 aliphatic heterocycles. The molecule has 20 heavy (non-hydrogen) atoms. The fourth-order valence-corrected chi connectivity index (χ4v) is 2.42. The van der Waals surface area contributed by atoms with Crippen LogP contribution in [0, 0.1) is 12.7 Å². The smallest absolute Gasteiger partial charge is 0.280 e. The quantitative estimate of drug-likeness (QED) is 0.721. The third kappa shape index (κ3) is 1.85. The van der Waals surface area contributed by atoms with Crippen LogP contribution in [0.1, 0.15) is 5.69 Å². The van der Waals surface area contributed by atoms with Crippen molar-refractivity contribution >= 4 is 22.5 Å². The van der Waals surface area contributed by atoms with Crippen molar-refractivity contribution in [3.05, 3.63) is 61.5 Å². The number of hydrogen-bond donors (Lipinski definition) is 2. The minimum Gasteiger partial charge on any atom is -0.326 e. The summed E-state index contributed by atoms with van der Waals surface area (Å²) in [7, 11) is 0. The Kier molecular flexibility index (Phi) is 2.76. The van der Waals surface area contributed by atoms with Gasteiger partial charge >= 0.3 is 0 Å². The Morgan fingerprint density at radius 1 is 1.25 bits per heavy atom. The zero-order valence-electron chi connectivity index (χ0n) is 10.3. The highest BCUT2D eigenvalue weighted by Gasteiger charge is 2.14. The van der Waals surface area contributed by atoms with E-state index in [0.29, 0.717) is 22.3 Å². The lowest BCUT2D eigenvalue weighted by atomic mass is 10.2. The number of nitrogens with zero attached hydrogens (tertiary/aromatic N) is 1. The molecule has 1 aromatic carbocycles. The molecule has 0 aliphatic carbocycles. The summed E-state index contributed by atoms with van der Waals surface area (Å²) in [6.45, 7) is 1.63. The molecule has 0 radical (unpaired) electrons. The molecule has 0 atom stereocenters. The van der Waals surface area contributed by atoms with Gasteiger partial charge in [0.2, 0.25) is 5.56 Å². The number of benzene rings is 1. The van der Waals surface area contributed by atoms with Crippen molar-refractivity contribution in [1.82, 2.24) is 14.8 Å². The SMILES string of the molecule is Cc1[nH]c(=O)cc2[nH]n(-c3ccc(F)cc3Cl)c(=O)c12. The van der Waals surface area contributed by atoms with E-state index in [-0.39, 0.29) is 16.1 Å². The van der Waals surface area contributed by atoms with Gasteiger partial charge in [0.05, 0.1) is 21.6 Å². The van der Waals surface area contributed by atoms with Crippen LogP contribution in [-0.2, 0) is 0 Å². The molecule has 0 fully saturated rings. The van der Waals surface area contributed by atoms with Gasteiger partial charge in [-0.3, -0.25) is 14.7 Å². The number of aromatic nitrogens is 3. The Hall–Kier alpha value is -2.34. The number of rotatable bonds is 1. The van der Waals surface area contributed by atoms with Gasteiger partial charge in [0.25, 0.3) is 5.56 Å². The van der Waals surface area contributed by atoms with Gasteiger partial charge in [-0.2, -0.15) is 0 Å². The predicted octanol–water partition coefficient (Wildman–Crippen LogP) is 2.11. The molecule has 3 rings (SSSR count). The Morgan fingerprint density at radius 2 is 2.00 bits per heavy atom. The summed E-state index contributed by atoms with van der Waals surface area (Å²) in [5, 5.41) is 3.26. The first-order valence-electron chi connectivity index (χ1n) is 5.77. The average molecular weight is 294 g/mol. The van der Waals surface area contributed by atoms with E-state index >= 15 is 0 Å². The molecule has 0 bridgehead atoms. The van der Waals surface area contributed by atoms with Gasteiger partial charge in [-0.15, -0.1) is 0 Å². The maximum atomic E-state index is 13.1. The molecule has 0 aliphatic rings. The molecule has 5 nitrogen and oxygen atoms in total. The maximum Gasteiger partial charge on any atom is 0.280 e. The summed E-state index contributed by atoms with van der Waals surface area (Å²) >= 11 is 5.95. The first-order chi connectivity index (χ1) is 9.47. The normalized spacial score (nSPS) is 11.2. The van der Waals surface area contributed by atoms with Crippen molar-refractivity contribution < 1.29 is 4.39 Å². The standard InChI is InChI=1S/C13H9ClFN3O2/c1-6-12-9(5-11(19)16-6)17-18(13(12)20)10-3-2-7(15)4-8(10)14/h2-5,17H,1H3,(H,16,19). The number of aromatic amines is 2. The highest BCUT2D eigenvalue weighted by atomic mass is 35.5. The molecule has 102 valence electrons. The molecule has 2 N–H and O–H groups in total. The van der Waals surface area contributed by atoms with Crippen molar-refractivity contribution in [3.8, 4) is 5.69 Å². The van der Waals surface area contributed by atoms with Gasteiger partial charge in [0.15, 0.2) is 0 Å². The topological polar surface area (TPSA) is 70.7 Å². The fourth-order valence-electron chi connectivity index (χ4n) is 2.17. The van der Waals surface area contributed by atoms with Crippen LogP contribution in [0.2, 0.25) is 5.02 Å². The second kappa shape index (κ2) is 4.35. The van der Waals surface area contributed by atoms with Gasteiger partial charge in [0.1, 0.15) is 5.82 Å². The first kappa shape index (κ1) is 12.7. The average Bonchev–Trinajstić information content (AvgIpc) is 2.66. The van der Waals surface area contributed by atoms with Crippen LogP contribution >= 0.6 is 11.6 Å². The number of pyridine rings is 1. The zero-order valence-corrected chi connectivity index (χ0v) is 11.1. The predicted molar refractivity (Wildman–Crippen MR) is 74.2 cm³/mol. The summed E-state index contributed by atoms with van der Waals surface area (Å²) in [5.41, 5.74) is 0.513. The van der Waals surface area contributed by atoms with E-state index in [0.717, 1.165) is 6.07 Å². The number of nitrogens with one attached hydrogen (secondary N) is 2. The number of fused-ring (bicyclic) bond motifs is 1. The van der Waals surface area contributed by atoms with E-state index < -0.39 is 5.82 Å². The molecule has 0 saturated heterocycles. The van der Waals surface area contributed by atoms with Crippen LogP contribution in [0.5, 0.6) is 0 Å². The lowest BCUT2D eigenvalue weighted by Gasteiger charge is -2.03. The minimum atomic E-state index is -0.491. The third-order valence-corrected chi connectivity index (χ3v) is 3.33. The summed E-state index contributed by atoms with van der Waals surface area (Å²) in [6, 6.07) is 5.01. The monoisotopic (exact) mass is 293 g/mol. The molecular formula is C13H9ClFN3O2. The van der Waals surface area contributed by atoms with Crippen molar-refractivity contribution in [2.75, 3.05) is 0 Å². The molecule has 7 heteroatoms. The van der Waals surface area contributed by atoms with Gasteiger partial charge in [-0.05, 0) is 25.1 Å². The van der Waals surface area contributed by atoms with E-state index in [1.54, 1.807) is 6.92 Å². The number of H-pyrrole nitrogens is 2. The first-order valence-corrected chi connectivity index (χ1v) is 6.15. The molecule has 0 unspecified atom stereocenters. The Morgan fingerprint density at radius 3 is 2.70 bits per heavy atom. The number of hydrogen-bond acceptors (Lipinski definition) is 2. The largest absolute Gasteiger partial charge is 0.326 e. The van der Waals surface area contributed by atoms with Gasteiger partial charge in [-0.1, -0.05) is 11.6 Å². The van der Waals surface area contributed by atoms with E-state index in [1.807, 2.05) is 0 Å². The van der Waals surface area contributed by atoms with Crippen LogP contribution in [0.3, 0.4) is 0 Å². The minimum absolute atomic E-state index is 0.0997. The van der Waals surface area contributed by atoms with E-state index in [9.17, 15) is 14.0 Å². The summed E-state index contributed by atoms with van der Waals surface area (Å²) < 4.78 is 14.2. The van der Waals surface area contributed by atoms with Gasteiger partial charge in [-0.25, -0.2) is 9.07 Å². The van der Waals surface area contributed by atoms with Gasteiger partial charge in [0, 0.05) is 11.8 Å². The molecule has 0 spiro atoms. The van der Waals surface area contributed by atoms with Crippen LogP contribution in [0.15, 0.2) is 33.9 Å². The highest BCUT2D eigenvalue weighted by Crippen LogP contribution is 2.21. The highest BCUT2D eigenvalue weighted by molar-refractivity contribution is 6.32. The summed E-state index contributed by atoms with van der Waals surface area (Å²) in [4.78, 5) is 26.3. The second-order valence-corrected chi connectivity index (χ2v) is 4.80. The zero-order chi connectivity index (χ0) is 14.4. The Labute approximate surface area is 116 Å². The van der Waals surface area contributed by atoms with E-state index in [1.165, 1.54) is 22.9 Å². The van der Waals surface area contributed by atoms with Crippen LogP contribution < -0.4 is 11.1 Å². The number of halogens is 2. The van der Waals surface area contributed by atoms with Crippen LogP contribution in [-0.4, -0.2) is 14.8 Å². The van der Waals surface area contributed by atoms with Crippen molar-refractivity contribution in [3.63, 3.8) is 0 Å². The molecule has 0 saturated carbocycles. The molecular weight excluding hydrogens is 285 g/mol. The lowest BCUT2D eigenvalue weighted by molar-refractivity contribution is 0.627. The summed E-state index contributed by atoms with van der Waals surface area (Å²) in [5.74, 6) is -0.491. The molecule has 2 aromatic heterocycles. The Bertz CT molecular complexity index is 939. The van der Waals surface area contributed by atoms with Crippen LogP contribution in [0.25, 0.3) is 16.6 Å².